The Kier molecular flexibility index (Phi) is 5.03. The maximum Gasteiger partial charge on any atom is 0.255 e. The number of pyridine rings is 1. The number of morpholine rings is 1. The van der Waals surface area contributed by atoms with Crippen molar-refractivity contribution in [1.82, 2.24) is 19.9 Å². The van der Waals surface area contributed by atoms with Gasteiger partial charge in [0.1, 0.15) is 11.6 Å². The van der Waals surface area contributed by atoms with Gasteiger partial charge in [-0.25, -0.2) is 15.0 Å². The second-order valence-electron chi connectivity index (χ2n) is 7.52. The van der Waals surface area contributed by atoms with E-state index in [4.69, 9.17) is 9.72 Å². The van der Waals surface area contributed by atoms with Gasteiger partial charge in [0, 0.05) is 44.0 Å². The van der Waals surface area contributed by atoms with Crippen molar-refractivity contribution in [2.75, 3.05) is 31.2 Å². The minimum Gasteiger partial charge on any atom is -0.378 e. The monoisotopic (exact) mass is 367 g/mol. The molecule has 1 fully saturated rings. The van der Waals surface area contributed by atoms with Crippen molar-refractivity contribution >= 4 is 11.7 Å². The lowest BCUT2D eigenvalue weighted by Crippen LogP contribution is -2.40. The Morgan fingerprint density at radius 3 is 2.67 bits per heavy atom. The minimum absolute atomic E-state index is 0.0197. The van der Waals surface area contributed by atoms with Crippen LogP contribution in [0.1, 0.15) is 41.3 Å². The first-order chi connectivity index (χ1) is 13.1. The normalized spacial score (nSPS) is 16.7. The molecule has 0 saturated carbocycles. The van der Waals surface area contributed by atoms with E-state index in [1.54, 1.807) is 6.20 Å². The van der Waals surface area contributed by atoms with Gasteiger partial charge in [0.25, 0.3) is 5.91 Å². The molecular weight excluding hydrogens is 342 g/mol. The summed E-state index contributed by atoms with van der Waals surface area (Å²) in [5.74, 6) is 2.33. The molecule has 7 nitrogen and oxygen atoms in total. The molecule has 2 aliphatic heterocycles. The Balaban J connectivity index is 1.44. The third-order valence-electron chi connectivity index (χ3n) is 4.91. The van der Waals surface area contributed by atoms with Gasteiger partial charge in [-0.15, -0.1) is 0 Å². The van der Waals surface area contributed by atoms with Gasteiger partial charge in [-0.2, -0.15) is 0 Å². The highest BCUT2D eigenvalue weighted by atomic mass is 16.5. The number of carbonyl (C=O) groups is 1. The molecule has 2 aromatic rings. The Bertz CT molecular complexity index is 816. The average molecular weight is 367 g/mol. The SMILES string of the molecule is CC(C)Cc1ncc2c(n1)CN(c1ccc(C(=O)N3CCOCC3)cn1)C2. The van der Waals surface area contributed by atoms with Crippen molar-refractivity contribution in [3.05, 3.63) is 47.2 Å². The second kappa shape index (κ2) is 7.60. The number of nitrogens with zero attached hydrogens (tertiary/aromatic N) is 5. The summed E-state index contributed by atoms with van der Waals surface area (Å²) in [6, 6.07) is 3.78. The van der Waals surface area contributed by atoms with Crippen molar-refractivity contribution in [2.45, 2.75) is 33.4 Å². The first-order valence-electron chi connectivity index (χ1n) is 9.52. The van der Waals surface area contributed by atoms with Crippen LogP contribution >= 0.6 is 0 Å². The predicted octanol–water partition coefficient (Wildman–Crippen LogP) is 2.06. The smallest absolute Gasteiger partial charge is 0.255 e. The van der Waals surface area contributed by atoms with Crippen molar-refractivity contribution in [2.24, 2.45) is 5.92 Å². The van der Waals surface area contributed by atoms with E-state index in [-0.39, 0.29) is 5.91 Å². The van der Waals surface area contributed by atoms with Gasteiger partial charge < -0.3 is 14.5 Å². The zero-order chi connectivity index (χ0) is 18.8. The molecule has 2 aliphatic rings. The molecule has 0 N–H and O–H groups in total. The first-order valence-corrected chi connectivity index (χ1v) is 9.52. The van der Waals surface area contributed by atoms with E-state index in [0.29, 0.717) is 37.8 Å². The van der Waals surface area contributed by atoms with E-state index in [1.165, 1.54) is 0 Å². The quantitative estimate of drug-likeness (QED) is 0.824. The molecule has 2 aromatic heterocycles. The van der Waals surface area contributed by atoms with Gasteiger partial charge in [-0.05, 0) is 18.1 Å². The maximum absolute atomic E-state index is 12.5. The lowest BCUT2D eigenvalue weighted by molar-refractivity contribution is 0.0302. The van der Waals surface area contributed by atoms with Crippen LogP contribution in [0.25, 0.3) is 0 Å². The summed E-state index contributed by atoms with van der Waals surface area (Å²) in [6.07, 6.45) is 4.51. The molecule has 142 valence electrons. The van der Waals surface area contributed by atoms with Gasteiger partial charge >= 0.3 is 0 Å². The van der Waals surface area contributed by atoms with Gasteiger partial charge in [0.05, 0.1) is 31.0 Å². The third kappa shape index (κ3) is 3.93. The molecule has 0 aromatic carbocycles. The molecule has 0 unspecified atom stereocenters. The molecule has 4 rings (SSSR count). The molecule has 7 heteroatoms. The number of carbonyl (C=O) groups excluding carboxylic acids is 1. The largest absolute Gasteiger partial charge is 0.378 e. The van der Waals surface area contributed by atoms with Crippen LogP contribution in [-0.4, -0.2) is 52.1 Å². The Morgan fingerprint density at radius 1 is 1.15 bits per heavy atom. The van der Waals surface area contributed by atoms with Crippen molar-refractivity contribution < 1.29 is 9.53 Å². The van der Waals surface area contributed by atoms with Crippen LogP contribution < -0.4 is 4.90 Å². The van der Waals surface area contributed by atoms with Crippen LogP contribution in [0.2, 0.25) is 0 Å². The van der Waals surface area contributed by atoms with Gasteiger partial charge in [-0.1, -0.05) is 13.8 Å². The Labute approximate surface area is 159 Å². The summed E-state index contributed by atoms with van der Waals surface area (Å²) < 4.78 is 5.31. The van der Waals surface area contributed by atoms with Crippen LogP contribution in [0.5, 0.6) is 0 Å². The number of hydrogen-bond donors (Lipinski definition) is 0. The summed E-state index contributed by atoms with van der Waals surface area (Å²) in [5.41, 5.74) is 2.85. The summed E-state index contributed by atoms with van der Waals surface area (Å²) in [6.45, 7) is 8.30. The molecule has 0 atom stereocenters. The van der Waals surface area contributed by atoms with Crippen LogP contribution in [0.15, 0.2) is 24.5 Å². The number of ether oxygens (including phenoxy) is 1. The van der Waals surface area contributed by atoms with Crippen molar-refractivity contribution in [3.63, 3.8) is 0 Å². The summed E-state index contributed by atoms with van der Waals surface area (Å²) in [5, 5.41) is 0. The molecule has 0 bridgehead atoms. The van der Waals surface area contributed by atoms with Crippen LogP contribution in [-0.2, 0) is 24.2 Å². The lowest BCUT2D eigenvalue weighted by atomic mass is 10.1. The molecule has 1 saturated heterocycles. The van der Waals surface area contributed by atoms with Crippen molar-refractivity contribution in [1.29, 1.82) is 0 Å². The van der Waals surface area contributed by atoms with E-state index in [1.807, 2.05) is 23.2 Å². The van der Waals surface area contributed by atoms with Gasteiger partial charge in [-0.3, -0.25) is 4.79 Å². The fourth-order valence-electron chi connectivity index (χ4n) is 3.47. The van der Waals surface area contributed by atoms with E-state index in [2.05, 4.69) is 28.7 Å². The summed E-state index contributed by atoms with van der Waals surface area (Å²) in [4.78, 5) is 30.3. The number of rotatable bonds is 4. The highest BCUT2D eigenvalue weighted by Crippen LogP contribution is 2.26. The second-order valence-corrected chi connectivity index (χ2v) is 7.52. The molecule has 0 spiro atoms. The number of anilines is 1. The van der Waals surface area contributed by atoms with Crippen LogP contribution in [0.4, 0.5) is 5.82 Å². The fourth-order valence-corrected chi connectivity index (χ4v) is 3.47. The molecular formula is C20H25N5O2. The molecule has 4 heterocycles. The number of fused-ring (bicyclic) bond motifs is 1. The first kappa shape index (κ1) is 17.9. The fraction of sp³-hybridized carbons (Fsp3) is 0.500. The van der Waals surface area contributed by atoms with Crippen LogP contribution in [0.3, 0.4) is 0 Å². The predicted molar refractivity (Wildman–Crippen MR) is 101 cm³/mol. The maximum atomic E-state index is 12.5. The minimum atomic E-state index is 0.0197. The topological polar surface area (TPSA) is 71.5 Å². The number of amides is 1. The Hall–Kier alpha value is -2.54. The standard InChI is InChI=1S/C20H25N5O2/c1-14(2)9-18-21-11-16-12-25(13-17(16)23-18)19-4-3-15(10-22-19)20(26)24-5-7-27-8-6-24/h3-4,10-11,14H,5-9,12-13H2,1-2H3. The summed E-state index contributed by atoms with van der Waals surface area (Å²) >= 11 is 0. The van der Waals surface area contributed by atoms with E-state index in [0.717, 1.165) is 42.4 Å². The van der Waals surface area contributed by atoms with Gasteiger partial charge in [0.2, 0.25) is 0 Å². The van der Waals surface area contributed by atoms with Crippen molar-refractivity contribution in [3.8, 4) is 0 Å². The zero-order valence-electron chi connectivity index (χ0n) is 15.9. The Morgan fingerprint density at radius 2 is 1.96 bits per heavy atom. The summed E-state index contributed by atoms with van der Waals surface area (Å²) in [7, 11) is 0. The number of hydrogen-bond acceptors (Lipinski definition) is 6. The molecule has 1 amide bonds. The number of aromatic nitrogens is 3. The van der Waals surface area contributed by atoms with E-state index < -0.39 is 0 Å². The lowest BCUT2D eigenvalue weighted by Gasteiger charge is -2.27. The molecule has 27 heavy (non-hydrogen) atoms. The van der Waals surface area contributed by atoms with E-state index in [9.17, 15) is 4.79 Å². The molecule has 0 aliphatic carbocycles. The average Bonchev–Trinajstić information content (AvgIpc) is 3.11. The van der Waals surface area contributed by atoms with Gasteiger partial charge in [0.15, 0.2) is 0 Å². The molecule has 0 radical (unpaired) electrons. The van der Waals surface area contributed by atoms with Crippen LogP contribution in [0, 0.1) is 5.92 Å². The highest BCUT2D eigenvalue weighted by Gasteiger charge is 2.24. The highest BCUT2D eigenvalue weighted by molar-refractivity contribution is 5.94. The zero-order valence-corrected chi connectivity index (χ0v) is 15.9. The van der Waals surface area contributed by atoms with E-state index >= 15 is 0 Å². The third-order valence-corrected chi connectivity index (χ3v) is 4.91.